The van der Waals surface area contributed by atoms with Crippen LogP contribution in [-0.2, 0) is 20.2 Å². The number of amides is 2. The van der Waals surface area contributed by atoms with E-state index in [-0.39, 0.29) is 24.0 Å². The second-order valence-corrected chi connectivity index (χ2v) is 10.8. The van der Waals surface area contributed by atoms with Crippen LogP contribution in [0.2, 0.25) is 0 Å². The summed E-state index contributed by atoms with van der Waals surface area (Å²) in [6, 6.07) is 11.2. The quantitative estimate of drug-likeness (QED) is 0.499. The van der Waals surface area contributed by atoms with Crippen LogP contribution in [0.4, 0.5) is 10.5 Å². The first kappa shape index (κ1) is 23.9. The molecule has 1 aliphatic heterocycles. The van der Waals surface area contributed by atoms with E-state index < -0.39 is 20.7 Å². The second kappa shape index (κ2) is 9.38. The summed E-state index contributed by atoms with van der Waals surface area (Å²) >= 11 is 0. The molecule has 0 unspecified atom stereocenters. The summed E-state index contributed by atoms with van der Waals surface area (Å²) in [6.45, 7) is 6.34. The Balaban J connectivity index is 1.56. The molecule has 0 spiro atoms. The van der Waals surface area contributed by atoms with Gasteiger partial charge in [0.15, 0.2) is 0 Å². The Kier molecular flexibility index (Phi) is 7.00. The summed E-state index contributed by atoms with van der Waals surface area (Å²) in [5.74, 6) is 0.370. The van der Waals surface area contributed by atoms with Crippen molar-refractivity contribution >= 4 is 37.4 Å². The van der Waals surface area contributed by atoms with Gasteiger partial charge in [0.2, 0.25) is 0 Å². The molecule has 0 fully saturated rings. The van der Waals surface area contributed by atoms with Gasteiger partial charge in [-0.1, -0.05) is 0 Å². The van der Waals surface area contributed by atoms with Crippen LogP contribution in [0.25, 0.3) is 0 Å². The Morgan fingerprint density at radius 1 is 1.12 bits per heavy atom. The summed E-state index contributed by atoms with van der Waals surface area (Å²) in [6.07, 6.45) is 0.0383. The number of nitrogens with zero attached hydrogens (tertiary/aromatic N) is 1. The molecule has 2 aromatic rings. The normalized spacial score (nSPS) is 13.4. The Labute approximate surface area is 191 Å². The van der Waals surface area contributed by atoms with E-state index in [2.05, 4.69) is 5.32 Å². The minimum absolute atomic E-state index is 0.0230. The van der Waals surface area contributed by atoms with E-state index in [9.17, 15) is 18.0 Å². The molecule has 0 aromatic heterocycles. The molecule has 0 saturated carbocycles. The molecule has 3 rings (SSSR count). The van der Waals surface area contributed by atoms with Crippen molar-refractivity contribution in [3.8, 4) is 5.75 Å². The van der Waals surface area contributed by atoms with Crippen molar-refractivity contribution in [2.75, 3.05) is 24.6 Å². The average molecular weight is 481 g/mol. The van der Waals surface area contributed by atoms with Crippen LogP contribution >= 0.6 is 10.7 Å². The maximum Gasteiger partial charge on any atom is 0.407 e. The van der Waals surface area contributed by atoms with Gasteiger partial charge in [0.25, 0.3) is 15.0 Å². The van der Waals surface area contributed by atoms with Crippen LogP contribution in [0.3, 0.4) is 0 Å². The number of hydrogen-bond donors (Lipinski definition) is 1. The van der Waals surface area contributed by atoms with Gasteiger partial charge in [-0.2, -0.15) is 0 Å². The SMILES string of the molecule is CC(C)(C)OC(=O)NCCOc1ccc(C(=O)N2CCc3cc(S(=O)(=O)Cl)ccc32)cc1. The zero-order valence-electron chi connectivity index (χ0n) is 18.1. The number of benzene rings is 2. The molecule has 0 atom stereocenters. The smallest absolute Gasteiger partial charge is 0.407 e. The number of carbonyl (C=O) groups excluding carboxylic acids is 2. The molecule has 1 aliphatic rings. The Bertz CT molecular complexity index is 1110. The lowest BCUT2D eigenvalue weighted by Crippen LogP contribution is -2.34. The fourth-order valence-corrected chi connectivity index (χ4v) is 4.03. The van der Waals surface area contributed by atoms with Gasteiger partial charge in [0.05, 0.1) is 11.4 Å². The molecule has 2 aromatic carbocycles. The lowest BCUT2D eigenvalue weighted by atomic mass is 10.1. The summed E-state index contributed by atoms with van der Waals surface area (Å²) in [7, 11) is 1.59. The first-order valence-corrected chi connectivity index (χ1v) is 12.3. The van der Waals surface area contributed by atoms with Crippen LogP contribution in [-0.4, -0.2) is 45.7 Å². The third-order valence-corrected chi connectivity index (χ3v) is 5.97. The molecule has 32 heavy (non-hydrogen) atoms. The van der Waals surface area contributed by atoms with E-state index in [1.807, 2.05) is 0 Å². The van der Waals surface area contributed by atoms with Gasteiger partial charge in [-0.15, -0.1) is 0 Å². The van der Waals surface area contributed by atoms with Crippen LogP contribution in [0.5, 0.6) is 5.75 Å². The highest BCUT2D eigenvalue weighted by molar-refractivity contribution is 8.13. The van der Waals surface area contributed by atoms with Gasteiger partial charge < -0.3 is 19.7 Å². The standard InChI is InChI=1S/C22H25ClN2O6S/c1-22(2,3)31-21(27)24-11-13-30-17-6-4-15(5-7-17)20(26)25-12-10-16-14-18(32(23,28)29)8-9-19(16)25/h4-9,14H,10-13H2,1-3H3,(H,24,27). The van der Waals surface area contributed by atoms with E-state index in [0.29, 0.717) is 30.0 Å². The maximum absolute atomic E-state index is 12.9. The largest absolute Gasteiger partial charge is 0.492 e. The van der Waals surface area contributed by atoms with E-state index in [1.165, 1.54) is 12.1 Å². The van der Waals surface area contributed by atoms with Crippen molar-refractivity contribution in [2.24, 2.45) is 0 Å². The van der Waals surface area contributed by atoms with Crippen molar-refractivity contribution in [3.05, 3.63) is 53.6 Å². The Hall–Kier alpha value is -2.78. The lowest BCUT2D eigenvalue weighted by Gasteiger charge is -2.19. The van der Waals surface area contributed by atoms with E-state index >= 15 is 0 Å². The first-order valence-electron chi connectivity index (χ1n) is 10.0. The molecular weight excluding hydrogens is 456 g/mol. The van der Waals surface area contributed by atoms with E-state index in [4.69, 9.17) is 20.2 Å². The molecule has 0 saturated heterocycles. The molecule has 1 heterocycles. The van der Waals surface area contributed by atoms with Crippen LogP contribution in [0, 0.1) is 0 Å². The van der Waals surface area contributed by atoms with Crippen LogP contribution in [0.15, 0.2) is 47.4 Å². The maximum atomic E-state index is 12.9. The Morgan fingerprint density at radius 2 is 1.81 bits per heavy atom. The number of rotatable bonds is 6. The van der Waals surface area contributed by atoms with Crippen molar-refractivity contribution in [1.82, 2.24) is 5.32 Å². The first-order chi connectivity index (χ1) is 14.9. The number of halogens is 1. The zero-order chi connectivity index (χ0) is 23.5. The molecular formula is C22H25ClN2O6S. The molecule has 0 bridgehead atoms. The topological polar surface area (TPSA) is 102 Å². The van der Waals surface area contributed by atoms with Crippen molar-refractivity contribution < 1.29 is 27.5 Å². The van der Waals surface area contributed by atoms with Crippen molar-refractivity contribution in [3.63, 3.8) is 0 Å². The summed E-state index contributed by atoms with van der Waals surface area (Å²) in [5.41, 5.74) is 1.35. The number of fused-ring (bicyclic) bond motifs is 1. The predicted octanol–water partition coefficient (Wildman–Crippen LogP) is 3.72. The monoisotopic (exact) mass is 480 g/mol. The number of anilines is 1. The number of ether oxygens (including phenoxy) is 2. The Morgan fingerprint density at radius 3 is 2.44 bits per heavy atom. The molecule has 10 heteroatoms. The van der Waals surface area contributed by atoms with Gasteiger partial charge in [-0.25, -0.2) is 13.2 Å². The van der Waals surface area contributed by atoms with Crippen molar-refractivity contribution in [2.45, 2.75) is 37.7 Å². The highest BCUT2D eigenvalue weighted by Gasteiger charge is 2.27. The number of hydrogen-bond acceptors (Lipinski definition) is 6. The minimum atomic E-state index is -3.82. The van der Waals surface area contributed by atoms with Crippen LogP contribution in [0.1, 0.15) is 36.7 Å². The molecule has 0 radical (unpaired) electrons. The fraction of sp³-hybridized carbons (Fsp3) is 0.364. The van der Waals surface area contributed by atoms with Gasteiger partial charge in [0, 0.05) is 28.5 Å². The summed E-state index contributed by atoms with van der Waals surface area (Å²) in [5, 5.41) is 2.61. The third kappa shape index (κ3) is 6.14. The molecule has 1 N–H and O–H groups in total. The highest BCUT2D eigenvalue weighted by atomic mass is 35.7. The minimum Gasteiger partial charge on any atom is -0.492 e. The lowest BCUT2D eigenvalue weighted by molar-refractivity contribution is 0.0520. The number of nitrogens with one attached hydrogen (secondary N) is 1. The summed E-state index contributed by atoms with van der Waals surface area (Å²) < 4.78 is 33.8. The van der Waals surface area contributed by atoms with Gasteiger partial charge in [-0.3, -0.25) is 4.79 Å². The highest BCUT2D eigenvalue weighted by Crippen LogP contribution is 2.32. The van der Waals surface area contributed by atoms with E-state index in [0.717, 1.165) is 5.56 Å². The molecule has 172 valence electrons. The van der Waals surface area contributed by atoms with Gasteiger partial charge in [-0.05, 0) is 75.2 Å². The fourth-order valence-electron chi connectivity index (χ4n) is 3.23. The summed E-state index contributed by atoms with van der Waals surface area (Å²) in [4.78, 5) is 26.2. The predicted molar refractivity (Wildman–Crippen MR) is 121 cm³/mol. The number of alkyl carbamates (subject to hydrolysis) is 1. The number of carbonyl (C=O) groups is 2. The van der Waals surface area contributed by atoms with Gasteiger partial charge >= 0.3 is 6.09 Å². The van der Waals surface area contributed by atoms with Crippen molar-refractivity contribution in [1.29, 1.82) is 0 Å². The second-order valence-electron chi connectivity index (χ2n) is 8.24. The molecule has 0 aliphatic carbocycles. The van der Waals surface area contributed by atoms with Crippen LogP contribution < -0.4 is 15.0 Å². The molecule has 2 amide bonds. The third-order valence-electron chi connectivity index (χ3n) is 4.61. The van der Waals surface area contributed by atoms with Gasteiger partial charge in [0.1, 0.15) is 18.0 Å². The average Bonchev–Trinajstić information content (AvgIpc) is 3.12. The zero-order valence-corrected chi connectivity index (χ0v) is 19.6. The van der Waals surface area contributed by atoms with E-state index in [1.54, 1.807) is 56.0 Å². The molecule has 8 nitrogen and oxygen atoms in total.